The number of ketones is 3. The van der Waals surface area contributed by atoms with Crippen molar-refractivity contribution in [3.8, 4) is 5.75 Å². The van der Waals surface area contributed by atoms with Crippen LogP contribution in [0.25, 0.3) is 0 Å². The van der Waals surface area contributed by atoms with Crippen LogP contribution in [0, 0.1) is 5.92 Å². The average molecular weight is 579 g/mol. The van der Waals surface area contributed by atoms with Crippen LogP contribution >= 0.6 is 0 Å². The van der Waals surface area contributed by atoms with E-state index in [0.29, 0.717) is 0 Å². The minimum atomic E-state index is -1.05. The number of phenols is 1. The maximum Gasteiger partial charge on any atom is 0.414 e. The van der Waals surface area contributed by atoms with Gasteiger partial charge in [-0.25, -0.2) is 9.59 Å². The molecule has 228 valence electrons. The maximum atomic E-state index is 13.2. The largest absolute Gasteiger partial charge is 0.507 e. The van der Waals surface area contributed by atoms with E-state index < -0.39 is 59.6 Å². The third-order valence-corrected chi connectivity index (χ3v) is 6.69. The normalized spacial score (nSPS) is 20.1. The Bertz CT molecular complexity index is 1130. The zero-order valence-corrected chi connectivity index (χ0v) is 24.4. The van der Waals surface area contributed by atoms with E-state index in [1.807, 2.05) is 0 Å². The highest BCUT2D eigenvalue weighted by Crippen LogP contribution is 2.32. The highest BCUT2D eigenvalue weighted by Gasteiger charge is 2.30. The van der Waals surface area contributed by atoms with Gasteiger partial charge < -0.3 is 30.1 Å². The highest BCUT2D eigenvalue weighted by atomic mass is 16.6. The monoisotopic (exact) mass is 578 g/mol. The van der Waals surface area contributed by atoms with E-state index in [9.17, 15) is 34.2 Å². The Kier molecular flexibility index (Phi) is 12.4. The first-order valence-corrected chi connectivity index (χ1v) is 13.8. The molecule has 4 N–H and O–H groups in total. The standard InChI is InChI=1S/C29H42N2O10/c1-17-9-10-23(35)26(37)22(34)8-6-7-19-13-20(14-24(36)25(19)27(38)40-18(17)2)31(28(39)41-29(3,4)5)12-11-30-15-21(33)16-32/h13-14,17-18,21,30,32-33,36H,6-12,15-16H2,1-5H3/t17-,18+,21?/m1/s1. The summed E-state index contributed by atoms with van der Waals surface area (Å²) in [5, 5.41) is 32.5. The molecular weight excluding hydrogens is 536 g/mol. The number of aliphatic hydroxyl groups is 2. The molecule has 1 aromatic rings. The van der Waals surface area contributed by atoms with Gasteiger partial charge in [-0.1, -0.05) is 6.92 Å². The van der Waals surface area contributed by atoms with Crippen LogP contribution in [-0.4, -0.2) is 88.8 Å². The average Bonchev–Trinajstić information content (AvgIpc) is 2.88. The van der Waals surface area contributed by atoms with Gasteiger partial charge in [-0.3, -0.25) is 19.3 Å². The summed E-state index contributed by atoms with van der Waals surface area (Å²) in [5.74, 6) is -4.18. The molecule has 41 heavy (non-hydrogen) atoms. The summed E-state index contributed by atoms with van der Waals surface area (Å²) in [6.07, 6.45) is -2.34. The number of aliphatic hydroxyl groups excluding tert-OH is 2. The third-order valence-electron chi connectivity index (χ3n) is 6.69. The molecule has 12 heteroatoms. The van der Waals surface area contributed by atoms with Gasteiger partial charge in [-0.15, -0.1) is 0 Å². The number of esters is 1. The lowest BCUT2D eigenvalue weighted by Gasteiger charge is -2.28. The van der Waals surface area contributed by atoms with Gasteiger partial charge in [0.25, 0.3) is 5.78 Å². The van der Waals surface area contributed by atoms with E-state index in [0.717, 1.165) is 0 Å². The van der Waals surface area contributed by atoms with E-state index in [2.05, 4.69) is 5.32 Å². The number of nitrogens with one attached hydrogen (secondary N) is 1. The molecule has 0 saturated carbocycles. The fraction of sp³-hybridized carbons (Fsp3) is 0.621. The van der Waals surface area contributed by atoms with E-state index >= 15 is 0 Å². The van der Waals surface area contributed by atoms with Crippen molar-refractivity contribution >= 4 is 35.1 Å². The van der Waals surface area contributed by atoms with E-state index in [-0.39, 0.29) is 74.5 Å². The zero-order valence-electron chi connectivity index (χ0n) is 24.4. The number of anilines is 1. The summed E-state index contributed by atoms with van der Waals surface area (Å²) < 4.78 is 11.1. The molecule has 0 spiro atoms. The summed E-state index contributed by atoms with van der Waals surface area (Å²) in [7, 11) is 0. The number of cyclic esters (lactones) is 1. The van der Waals surface area contributed by atoms with E-state index in [1.54, 1.807) is 34.6 Å². The van der Waals surface area contributed by atoms with Crippen LogP contribution in [0.5, 0.6) is 5.75 Å². The number of aryl methyl sites for hydroxylation is 1. The molecular formula is C29H42N2O10. The number of hydrogen-bond donors (Lipinski definition) is 4. The van der Waals surface area contributed by atoms with Crippen molar-refractivity contribution in [2.75, 3.05) is 31.1 Å². The van der Waals surface area contributed by atoms with Gasteiger partial charge in [0.15, 0.2) is 0 Å². The minimum Gasteiger partial charge on any atom is -0.507 e. The first-order valence-electron chi connectivity index (χ1n) is 13.8. The van der Waals surface area contributed by atoms with Gasteiger partial charge in [-0.05, 0) is 64.5 Å². The van der Waals surface area contributed by atoms with Crippen molar-refractivity contribution in [3.63, 3.8) is 0 Å². The summed E-state index contributed by atoms with van der Waals surface area (Å²) in [4.78, 5) is 64.4. The number of carbonyl (C=O) groups excluding carboxylic acids is 5. The fourth-order valence-electron chi connectivity index (χ4n) is 4.18. The lowest BCUT2D eigenvalue weighted by Crippen LogP contribution is -2.42. The molecule has 1 aliphatic heterocycles. The number of amides is 1. The number of benzene rings is 1. The predicted molar refractivity (Wildman–Crippen MR) is 149 cm³/mol. The second-order valence-corrected chi connectivity index (χ2v) is 11.3. The van der Waals surface area contributed by atoms with Gasteiger partial charge in [0.2, 0.25) is 11.6 Å². The number of aromatic hydroxyl groups is 1. The Morgan fingerprint density at radius 2 is 1.78 bits per heavy atom. The number of ether oxygens (including phenoxy) is 2. The van der Waals surface area contributed by atoms with Crippen LogP contribution in [0.15, 0.2) is 12.1 Å². The summed E-state index contributed by atoms with van der Waals surface area (Å²) in [5.41, 5.74) is -0.473. The number of Topliss-reactive ketones (excluding diaryl/α,β-unsaturated/α-hetero) is 3. The quantitative estimate of drug-likeness (QED) is 0.211. The predicted octanol–water partition coefficient (Wildman–Crippen LogP) is 2.08. The smallest absolute Gasteiger partial charge is 0.414 e. The summed E-state index contributed by atoms with van der Waals surface area (Å²) in [6, 6.07) is 2.76. The molecule has 1 aromatic carbocycles. The maximum absolute atomic E-state index is 13.2. The molecule has 2 rings (SSSR count). The van der Waals surface area contributed by atoms with Gasteiger partial charge in [-0.2, -0.15) is 0 Å². The second-order valence-electron chi connectivity index (χ2n) is 11.3. The molecule has 1 amide bonds. The number of rotatable bonds is 7. The van der Waals surface area contributed by atoms with Gasteiger partial charge >= 0.3 is 12.1 Å². The number of hydrogen-bond acceptors (Lipinski definition) is 11. The Morgan fingerprint density at radius 3 is 2.41 bits per heavy atom. The van der Waals surface area contributed by atoms with Crippen LogP contribution < -0.4 is 10.2 Å². The lowest BCUT2D eigenvalue weighted by atomic mass is 9.94. The Balaban J connectivity index is 2.49. The molecule has 0 aliphatic carbocycles. The molecule has 12 nitrogen and oxygen atoms in total. The number of fused-ring (bicyclic) bond motifs is 1. The fourth-order valence-corrected chi connectivity index (χ4v) is 4.18. The molecule has 0 radical (unpaired) electrons. The van der Waals surface area contributed by atoms with Crippen LogP contribution in [-0.2, 0) is 30.3 Å². The number of carbonyl (C=O) groups is 5. The summed E-state index contributed by atoms with van der Waals surface area (Å²) in [6.45, 7) is 8.35. The first kappa shape index (κ1) is 33.9. The van der Waals surface area contributed by atoms with Crippen molar-refractivity contribution in [2.24, 2.45) is 5.92 Å². The Hall–Kier alpha value is -3.35. The van der Waals surface area contributed by atoms with Crippen LogP contribution in [0.1, 0.15) is 76.2 Å². The van der Waals surface area contributed by atoms with Gasteiger partial charge in [0.1, 0.15) is 23.0 Å². The second kappa shape index (κ2) is 15.0. The van der Waals surface area contributed by atoms with Crippen molar-refractivity contribution in [1.82, 2.24) is 5.32 Å². The molecule has 0 bridgehead atoms. The molecule has 0 aromatic heterocycles. The molecule has 3 atom stereocenters. The van der Waals surface area contributed by atoms with Crippen molar-refractivity contribution in [2.45, 2.75) is 84.5 Å². The summed E-state index contributed by atoms with van der Waals surface area (Å²) >= 11 is 0. The van der Waals surface area contributed by atoms with Crippen molar-refractivity contribution < 1.29 is 48.8 Å². The Morgan fingerprint density at radius 1 is 1.12 bits per heavy atom. The molecule has 0 saturated heterocycles. The molecule has 0 fully saturated rings. The number of phenolic OH excluding ortho intramolecular Hbond substituents is 1. The molecule has 1 unspecified atom stereocenters. The van der Waals surface area contributed by atoms with Crippen molar-refractivity contribution in [1.29, 1.82) is 0 Å². The highest BCUT2D eigenvalue weighted by molar-refractivity contribution is 6.63. The lowest BCUT2D eigenvalue weighted by molar-refractivity contribution is -0.144. The SMILES string of the molecule is C[C@@H]1CCC(=O)C(=O)C(=O)CCCc2cc(N(CCNCC(O)CO)C(=O)OC(C)(C)C)cc(O)c2C(=O)O[C@H]1C. The van der Waals surface area contributed by atoms with E-state index in [4.69, 9.17) is 14.6 Å². The van der Waals surface area contributed by atoms with Crippen LogP contribution in [0.3, 0.4) is 0 Å². The molecule has 1 aliphatic rings. The Labute approximate surface area is 240 Å². The van der Waals surface area contributed by atoms with Gasteiger partial charge in [0.05, 0.1) is 18.4 Å². The number of nitrogens with zero attached hydrogens (tertiary/aromatic N) is 1. The first-order chi connectivity index (χ1) is 19.1. The van der Waals surface area contributed by atoms with E-state index in [1.165, 1.54) is 17.0 Å². The zero-order chi connectivity index (χ0) is 30.9. The topological polar surface area (TPSA) is 180 Å². The van der Waals surface area contributed by atoms with Crippen molar-refractivity contribution in [3.05, 3.63) is 23.3 Å². The minimum absolute atomic E-state index is 0.0411. The third kappa shape index (κ3) is 10.2. The van der Waals surface area contributed by atoms with Crippen LogP contribution in [0.4, 0.5) is 10.5 Å². The van der Waals surface area contributed by atoms with Gasteiger partial charge in [0, 0.05) is 38.5 Å². The molecule has 1 heterocycles. The van der Waals surface area contributed by atoms with Crippen LogP contribution in [0.2, 0.25) is 0 Å².